The second-order valence-corrected chi connectivity index (χ2v) is 8.10. The van der Waals surface area contributed by atoms with Crippen molar-refractivity contribution in [3.8, 4) is 0 Å². The van der Waals surface area contributed by atoms with Crippen LogP contribution in [0.3, 0.4) is 0 Å². The molecule has 0 aromatic rings. The van der Waals surface area contributed by atoms with Gasteiger partial charge in [-0.25, -0.2) is 0 Å². The second-order valence-electron chi connectivity index (χ2n) is 8.10. The minimum atomic E-state index is -0.104. The molecule has 2 aliphatic carbocycles. The van der Waals surface area contributed by atoms with Crippen LogP contribution < -0.4 is 0 Å². The van der Waals surface area contributed by atoms with Gasteiger partial charge in [0.2, 0.25) is 0 Å². The van der Waals surface area contributed by atoms with Gasteiger partial charge in [0.25, 0.3) is 0 Å². The van der Waals surface area contributed by atoms with Gasteiger partial charge in [0.1, 0.15) is 0 Å². The van der Waals surface area contributed by atoms with Gasteiger partial charge in [0.15, 0.2) is 6.29 Å². The molecule has 0 spiro atoms. The first-order valence-corrected chi connectivity index (χ1v) is 8.10. The Labute approximate surface area is 118 Å². The van der Waals surface area contributed by atoms with Gasteiger partial charge in [-0.1, -0.05) is 34.1 Å². The van der Waals surface area contributed by atoms with Gasteiger partial charge in [-0.2, -0.15) is 0 Å². The van der Waals surface area contributed by atoms with E-state index >= 15 is 0 Å². The van der Waals surface area contributed by atoms with Crippen molar-refractivity contribution in [3.63, 3.8) is 0 Å². The Morgan fingerprint density at radius 3 is 2.37 bits per heavy atom. The average Bonchev–Trinajstić information content (AvgIpc) is 2.80. The number of ether oxygens (including phenoxy) is 2. The van der Waals surface area contributed by atoms with Crippen LogP contribution in [0.2, 0.25) is 0 Å². The molecule has 0 bridgehead atoms. The predicted octanol–water partition coefficient (Wildman–Crippen LogP) is 4.23. The molecule has 2 nitrogen and oxygen atoms in total. The fourth-order valence-electron chi connectivity index (χ4n) is 5.39. The van der Waals surface area contributed by atoms with Crippen LogP contribution in [-0.4, -0.2) is 18.0 Å². The Kier molecular flexibility index (Phi) is 3.07. The highest BCUT2D eigenvalue weighted by Gasteiger charge is 2.60. The second kappa shape index (κ2) is 4.21. The summed E-state index contributed by atoms with van der Waals surface area (Å²) in [5.74, 6) is 3.04. The molecule has 0 radical (unpaired) electrons. The lowest BCUT2D eigenvalue weighted by Gasteiger charge is -2.44. The quantitative estimate of drug-likeness (QED) is 0.653. The van der Waals surface area contributed by atoms with Crippen molar-refractivity contribution >= 4 is 0 Å². The molecule has 3 aliphatic rings. The fourth-order valence-corrected chi connectivity index (χ4v) is 5.39. The van der Waals surface area contributed by atoms with E-state index in [1.807, 2.05) is 0 Å². The Morgan fingerprint density at radius 1 is 1.00 bits per heavy atom. The lowest BCUT2D eigenvalue weighted by Crippen LogP contribution is -2.48. The highest BCUT2D eigenvalue weighted by atomic mass is 16.7. The Morgan fingerprint density at radius 2 is 1.68 bits per heavy atom. The molecule has 2 saturated carbocycles. The highest BCUT2D eigenvalue weighted by Crippen LogP contribution is 2.59. The molecular weight excluding hydrogens is 236 g/mol. The average molecular weight is 266 g/mol. The van der Waals surface area contributed by atoms with Gasteiger partial charge in [0, 0.05) is 0 Å². The maximum absolute atomic E-state index is 6.26. The van der Waals surface area contributed by atoms with Gasteiger partial charge in [-0.3, -0.25) is 0 Å². The lowest BCUT2D eigenvalue weighted by atomic mass is 9.63. The molecular formula is C17H30O2. The summed E-state index contributed by atoms with van der Waals surface area (Å²) in [6, 6.07) is 0. The maximum Gasteiger partial charge on any atom is 0.156 e. The molecule has 7 atom stereocenters. The van der Waals surface area contributed by atoms with Crippen LogP contribution in [0.15, 0.2) is 0 Å². The van der Waals surface area contributed by atoms with Crippen molar-refractivity contribution in [3.05, 3.63) is 0 Å². The summed E-state index contributed by atoms with van der Waals surface area (Å²) in [5.41, 5.74) is 0.235. The monoisotopic (exact) mass is 266 g/mol. The molecule has 1 heterocycles. The predicted molar refractivity (Wildman–Crippen MR) is 76.8 cm³/mol. The van der Waals surface area contributed by atoms with Crippen molar-refractivity contribution < 1.29 is 9.47 Å². The van der Waals surface area contributed by atoms with Crippen LogP contribution in [0, 0.1) is 29.1 Å². The van der Waals surface area contributed by atoms with Crippen LogP contribution >= 0.6 is 0 Å². The summed E-state index contributed by atoms with van der Waals surface area (Å²) < 4.78 is 12.4. The van der Waals surface area contributed by atoms with Crippen LogP contribution in [-0.2, 0) is 9.47 Å². The Bertz CT molecular complexity index is 364. The van der Waals surface area contributed by atoms with E-state index in [4.69, 9.17) is 9.47 Å². The molecule has 0 N–H and O–H groups in total. The maximum atomic E-state index is 6.26. The fraction of sp³-hybridized carbons (Fsp3) is 1.00. The zero-order valence-corrected chi connectivity index (χ0v) is 13.4. The smallest absolute Gasteiger partial charge is 0.156 e. The highest BCUT2D eigenvalue weighted by molar-refractivity contribution is 5.07. The molecule has 2 heteroatoms. The lowest BCUT2D eigenvalue weighted by molar-refractivity contribution is -0.116. The number of fused-ring (bicyclic) bond motifs is 2. The van der Waals surface area contributed by atoms with Crippen LogP contribution in [0.25, 0.3) is 0 Å². The number of rotatable bonds is 0. The van der Waals surface area contributed by atoms with Gasteiger partial charge in [0.05, 0.1) is 11.7 Å². The van der Waals surface area contributed by atoms with Crippen LogP contribution in [0.1, 0.15) is 60.8 Å². The molecule has 19 heavy (non-hydrogen) atoms. The Balaban J connectivity index is 2.01. The summed E-state index contributed by atoms with van der Waals surface area (Å²) in [6.07, 6.45) is 4.22. The van der Waals surface area contributed by atoms with Gasteiger partial charge in [-0.15, -0.1) is 0 Å². The normalized spacial score (nSPS) is 56.5. The summed E-state index contributed by atoms with van der Waals surface area (Å²) in [4.78, 5) is 0. The largest absolute Gasteiger partial charge is 0.347 e. The van der Waals surface area contributed by atoms with E-state index in [1.165, 1.54) is 19.3 Å². The zero-order chi connectivity index (χ0) is 14.0. The molecule has 3 fully saturated rings. The third-order valence-electron chi connectivity index (χ3n) is 7.01. The van der Waals surface area contributed by atoms with E-state index in [9.17, 15) is 0 Å². The molecule has 0 aromatic carbocycles. The molecule has 1 aliphatic heterocycles. The molecule has 1 saturated heterocycles. The van der Waals surface area contributed by atoms with E-state index in [0.29, 0.717) is 11.3 Å². The summed E-state index contributed by atoms with van der Waals surface area (Å²) >= 11 is 0. The van der Waals surface area contributed by atoms with Crippen molar-refractivity contribution in [2.45, 2.75) is 78.8 Å². The van der Waals surface area contributed by atoms with Crippen molar-refractivity contribution in [2.75, 3.05) is 0 Å². The minimum Gasteiger partial charge on any atom is -0.347 e. The first-order chi connectivity index (χ1) is 8.76. The summed E-state index contributed by atoms with van der Waals surface area (Å²) in [6.45, 7) is 14.1. The van der Waals surface area contributed by atoms with E-state index in [1.54, 1.807) is 0 Å². The van der Waals surface area contributed by atoms with E-state index in [0.717, 1.165) is 17.8 Å². The standard InChI is InChI=1S/C17H30O2/c1-10-7-8-14-13(10)9-15-17(6,19-12(3)18-15)11(2)16(14,4)5/h10-15H,7-9H2,1-6H3/t10-,11-,12-,13?,14-,15+,17-/m1/s1. The van der Waals surface area contributed by atoms with Crippen molar-refractivity contribution in [1.29, 1.82) is 0 Å². The third kappa shape index (κ3) is 1.82. The first kappa shape index (κ1) is 13.9. The van der Waals surface area contributed by atoms with E-state index in [2.05, 4.69) is 41.5 Å². The molecule has 3 rings (SSSR count). The first-order valence-electron chi connectivity index (χ1n) is 8.10. The Hall–Kier alpha value is -0.0800. The molecule has 0 amide bonds. The topological polar surface area (TPSA) is 18.5 Å². The van der Waals surface area contributed by atoms with Crippen LogP contribution in [0.4, 0.5) is 0 Å². The summed E-state index contributed by atoms with van der Waals surface area (Å²) in [5, 5.41) is 0. The number of hydrogen-bond acceptors (Lipinski definition) is 2. The zero-order valence-electron chi connectivity index (χ0n) is 13.4. The van der Waals surface area contributed by atoms with E-state index in [-0.39, 0.29) is 18.0 Å². The van der Waals surface area contributed by atoms with Gasteiger partial charge >= 0.3 is 0 Å². The van der Waals surface area contributed by atoms with Gasteiger partial charge < -0.3 is 9.47 Å². The molecule has 110 valence electrons. The molecule has 1 unspecified atom stereocenters. The van der Waals surface area contributed by atoms with E-state index < -0.39 is 0 Å². The van der Waals surface area contributed by atoms with Crippen LogP contribution in [0.5, 0.6) is 0 Å². The summed E-state index contributed by atoms with van der Waals surface area (Å²) in [7, 11) is 0. The van der Waals surface area contributed by atoms with Gasteiger partial charge in [-0.05, 0) is 55.8 Å². The minimum absolute atomic E-state index is 0.0403. The molecule has 0 aromatic heterocycles. The van der Waals surface area contributed by atoms with Crippen molar-refractivity contribution in [2.24, 2.45) is 29.1 Å². The third-order valence-corrected chi connectivity index (χ3v) is 7.01. The van der Waals surface area contributed by atoms with Crippen molar-refractivity contribution in [1.82, 2.24) is 0 Å². The SMILES string of the molecule is C[C@@H]1O[C@H]2CC3[C@H](C)CC[C@H]3C(C)(C)[C@@H](C)[C@@]2(C)O1. The number of hydrogen-bond donors (Lipinski definition) is 0.